The van der Waals surface area contributed by atoms with Gasteiger partial charge in [0.2, 0.25) is 0 Å². The number of aliphatic imine (C=N–C) groups is 2. The average Bonchev–Trinajstić information content (AvgIpc) is 3.75. The molecule has 6 aromatic carbocycles. The van der Waals surface area contributed by atoms with Gasteiger partial charge >= 0.3 is 0 Å². The highest BCUT2D eigenvalue weighted by Gasteiger charge is 2.45. The van der Waals surface area contributed by atoms with E-state index in [1.807, 2.05) is 18.2 Å². The van der Waals surface area contributed by atoms with Crippen LogP contribution in [0.5, 0.6) is 0 Å². The van der Waals surface area contributed by atoms with Crippen LogP contribution >= 0.6 is 0 Å². The summed E-state index contributed by atoms with van der Waals surface area (Å²) >= 11 is 0. The molecule has 230 valence electrons. The van der Waals surface area contributed by atoms with Crippen LogP contribution in [0.3, 0.4) is 0 Å². The highest BCUT2D eigenvalue weighted by Crippen LogP contribution is 2.47. The molecule has 0 aliphatic carbocycles. The molecule has 48 heavy (non-hydrogen) atoms. The van der Waals surface area contributed by atoms with Crippen LogP contribution in [0.4, 0.5) is 0 Å². The molecule has 0 saturated heterocycles. The summed E-state index contributed by atoms with van der Waals surface area (Å²) in [6.45, 7) is 4.29. The average molecular weight is 619 g/mol. The highest BCUT2D eigenvalue weighted by molar-refractivity contribution is 6.54. The minimum Gasteiger partial charge on any atom is -0.275 e. The first-order valence-corrected chi connectivity index (χ1v) is 16.3. The molecule has 1 aromatic heterocycles. The first-order valence-electron chi connectivity index (χ1n) is 16.3. The van der Waals surface area contributed by atoms with Crippen LogP contribution in [0.1, 0.15) is 27.8 Å². The van der Waals surface area contributed by atoms with E-state index >= 15 is 0 Å². The van der Waals surface area contributed by atoms with Gasteiger partial charge in [0.15, 0.2) is 0 Å². The van der Waals surface area contributed by atoms with E-state index in [1.165, 1.54) is 0 Å². The Bertz CT molecular complexity index is 2230. The van der Waals surface area contributed by atoms with Crippen LogP contribution in [0.25, 0.3) is 33.9 Å². The maximum atomic E-state index is 5.79. The second kappa shape index (κ2) is 12.2. The molecule has 0 amide bonds. The van der Waals surface area contributed by atoms with Crippen LogP contribution in [0.2, 0.25) is 0 Å². The third kappa shape index (κ3) is 4.99. The molecule has 0 bridgehead atoms. The van der Waals surface area contributed by atoms with E-state index in [2.05, 4.69) is 170 Å². The van der Waals surface area contributed by atoms with Gasteiger partial charge in [0, 0.05) is 33.4 Å². The second-order valence-electron chi connectivity index (χ2n) is 12.1. The van der Waals surface area contributed by atoms with Crippen molar-refractivity contribution in [1.82, 2.24) is 9.55 Å². The van der Waals surface area contributed by atoms with Crippen LogP contribution in [-0.2, 0) is 5.79 Å². The fraction of sp³-hybridized carbons (Fsp3) is 0.0682. The molecular weight excluding hydrogens is 585 g/mol. The Kier molecular flexibility index (Phi) is 7.46. The van der Waals surface area contributed by atoms with Gasteiger partial charge in [0.05, 0.1) is 22.8 Å². The Balaban J connectivity index is 1.59. The lowest BCUT2D eigenvalue weighted by atomic mass is 9.99. The lowest BCUT2D eigenvalue weighted by Gasteiger charge is -2.31. The van der Waals surface area contributed by atoms with Crippen molar-refractivity contribution in [1.29, 1.82) is 0 Å². The zero-order chi connectivity index (χ0) is 32.5. The summed E-state index contributed by atoms with van der Waals surface area (Å²) in [7, 11) is 0. The van der Waals surface area contributed by atoms with Crippen molar-refractivity contribution in [3.05, 3.63) is 198 Å². The van der Waals surface area contributed by atoms with E-state index in [0.29, 0.717) is 0 Å². The van der Waals surface area contributed by atoms with Crippen LogP contribution in [0.15, 0.2) is 180 Å². The van der Waals surface area contributed by atoms with Gasteiger partial charge in [-0.05, 0) is 25.0 Å². The minimum absolute atomic E-state index is 0.809. The summed E-state index contributed by atoms with van der Waals surface area (Å²) in [5.41, 5.74) is 11.9. The van der Waals surface area contributed by atoms with Crippen molar-refractivity contribution < 1.29 is 0 Å². The summed E-state index contributed by atoms with van der Waals surface area (Å²) in [5.74, 6) is -0.409. The van der Waals surface area contributed by atoms with Crippen molar-refractivity contribution in [2.24, 2.45) is 9.98 Å². The summed E-state index contributed by atoms with van der Waals surface area (Å²) in [5, 5.41) is 0. The van der Waals surface area contributed by atoms with E-state index < -0.39 is 5.79 Å². The fourth-order valence-electron chi connectivity index (χ4n) is 6.72. The Morgan fingerprint density at radius 1 is 0.438 bits per heavy atom. The molecule has 2 heterocycles. The molecule has 1 aliphatic rings. The molecule has 0 radical (unpaired) electrons. The van der Waals surface area contributed by atoms with Crippen LogP contribution in [-0.4, -0.2) is 21.0 Å². The van der Waals surface area contributed by atoms with Crippen molar-refractivity contribution in [3.63, 3.8) is 0 Å². The first kappa shape index (κ1) is 29.3. The molecule has 8 rings (SSSR count). The zero-order valence-electron chi connectivity index (χ0n) is 27.0. The summed E-state index contributed by atoms with van der Waals surface area (Å²) in [6.07, 6.45) is 0. The predicted molar refractivity (Wildman–Crippen MR) is 197 cm³/mol. The topological polar surface area (TPSA) is 42.5 Å². The van der Waals surface area contributed by atoms with E-state index in [-0.39, 0.29) is 0 Å². The summed E-state index contributed by atoms with van der Waals surface area (Å²) < 4.78 is 2.30. The largest absolute Gasteiger partial charge is 0.275 e. The monoisotopic (exact) mass is 618 g/mol. The van der Waals surface area contributed by atoms with Crippen LogP contribution in [0, 0.1) is 13.8 Å². The third-order valence-corrected chi connectivity index (χ3v) is 9.03. The molecule has 7 aromatic rings. The molecule has 0 spiro atoms. The minimum atomic E-state index is -1.22. The van der Waals surface area contributed by atoms with Gasteiger partial charge < -0.3 is 0 Å². The normalized spacial score (nSPS) is 13.6. The van der Waals surface area contributed by atoms with Gasteiger partial charge in [-0.15, -0.1) is 0 Å². The van der Waals surface area contributed by atoms with Gasteiger partial charge in [-0.3, -0.25) is 4.57 Å². The number of imidazole rings is 1. The van der Waals surface area contributed by atoms with E-state index in [4.69, 9.17) is 15.0 Å². The number of benzene rings is 6. The molecule has 0 unspecified atom stereocenters. The van der Waals surface area contributed by atoms with E-state index in [1.54, 1.807) is 0 Å². The summed E-state index contributed by atoms with van der Waals surface area (Å²) in [6, 6.07) is 58.7. The van der Waals surface area contributed by atoms with Gasteiger partial charge in [0.1, 0.15) is 5.82 Å². The third-order valence-electron chi connectivity index (χ3n) is 9.03. The van der Waals surface area contributed by atoms with Crippen molar-refractivity contribution in [2.45, 2.75) is 19.6 Å². The molecule has 1 aliphatic heterocycles. The first-order chi connectivity index (χ1) is 23.6. The molecule has 4 nitrogen and oxygen atoms in total. The van der Waals surface area contributed by atoms with Gasteiger partial charge in [-0.2, -0.15) is 0 Å². The van der Waals surface area contributed by atoms with Gasteiger partial charge in [-0.1, -0.05) is 170 Å². The lowest BCUT2D eigenvalue weighted by molar-refractivity contribution is 0.406. The smallest absolute Gasteiger partial charge is 0.261 e. The fourth-order valence-corrected chi connectivity index (χ4v) is 6.72. The van der Waals surface area contributed by atoms with Crippen molar-refractivity contribution in [2.75, 3.05) is 0 Å². The Labute approximate surface area is 281 Å². The maximum Gasteiger partial charge on any atom is 0.261 e. The Hall–Kier alpha value is -6.13. The number of hydrogen-bond acceptors (Lipinski definition) is 3. The van der Waals surface area contributed by atoms with Gasteiger partial charge in [-0.25, -0.2) is 15.0 Å². The van der Waals surface area contributed by atoms with Crippen molar-refractivity contribution >= 4 is 11.4 Å². The van der Waals surface area contributed by atoms with E-state index in [9.17, 15) is 0 Å². The lowest BCUT2D eigenvalue weighted by Crippen LogP contribution is -2.32. The number of aryl methyl sites for hydroxylation is 2. The van der Waals surface area contributed by atoms with Crippen molar-refractivity contribution in [3.8, 4) is 33.9 Å². The Morgan fingerprint density at radius 2 is 0.875 bits per heavy atom. The molecular formula is C44H34N4. The number of aromatic nitrogens is 2. The number of hydrogen-bond donors (Lipinski definition) is 0. The number of nitrogens with zero attached hydrogens (tertiary/aromatic N) is 4. The molecule has 0 saturated carbocycles. The highest BCUT2D eigenvalue weighted by atomic mass is 15.4. The standard InChI is InChI=1S/C44H34N4/c1-31-19-15-17-29-37(31)43-45-41(35-25-11-5-12-26-35)42(36-27-13-6-14-28-36)48(43)44(38-30-18-16-20-32(38)2)46-39(33-21-7-3-8-22-33)40(47-44)34-23-9-4-10-24-34/h3-30H,1-2H3. The molecule has 0 atom stereocenters. The second-order valence-corrected chi connectivity index (χ2v) is 12.1. The quantitative estimate of drug-likeness (QED) is 0.175. The number of rotatable bonds is 7. The molecule has 0 N–H and O–H groups in total. The zero-order valence-corrected chi connectivity index (χ0v) is 27.0. The predicted octanol–water partition coefficient (Wildman–Crippen LogP) is 10.2. The SMILES string of the molecule is Cc1ccccc1-c1nc(-c2ccccc2)c(-c2ccccc2)n1C1(c2ccccc2C)N=C(c2ccccc2)C(c2ccccc2)=N1. The Morgan fingerprint density at radius 3 is 1.40 bits per heavy atom. The van der Waals surface area contributed by atoms with Gasteiger partial charge in [0.25, 0.3) is 5.79 Å². The summed E-state index contributed by atoms with van der Waals surface area (Å²) in [4.78, 5) is 17.1. The maximum absolute atomic E-state index is 5.79. The van der Waals surface area contributed by atoms with E-state index in [0.717, 1.165) is 73.1 Å². The molecule has 0 fully saturated rings. The molecule has 4 heteroatoms. The van der Waals surface area contributed by atoms with Crippen LogP contribution < -0.4 is 0 Å².